The van der Waals surface area contributed by atoms with Gasteiger partial charge in [-0.3, -0.25) is 4.79 Å². The highest BCUT2D eigenvalue weighted by Crippen LogP contribution is 2.23. The molecule has 0 aliphatic rings. The Bertz CT molecular complexity index is 507. The average Bonchev–Trinajstić information content (AvgIpc) is 2.39. The molecule has 0 saturated carbocycles. The van der Waals surface area contributed by atoms with E-state index in [-0.39, 0.29) is 6.42 Å². The maximum absolute atomic E-state index is 11.0. The van der Waals surface area contributed by atoms with E-state index in [2.05, 4.69) is 0 Å². The van der Waals surface area contributed by atoms with Crippen molar-refractivity contribution in [2.45, 2.75) is 24.9 Å². The third-order valence-corrected chi connectivity index (χ3v) is 3.23. The number of carbonyl (C=O) groups is 1. The Labute approximate surface area is 118 Å². The van der Waals surface area contributed by atoms with Crippen LogP contribution in [0.2, 0.25) is 0 Å². The van der Waals surface area contributed by atoms with Crippen LogP contribution in [0, 0.1) is 0 Å². The first-order valence-corrected chi connectivity index (χ1v) is 6.59. The quantitative estimate of drug-likeness (QED) is 0.848. The first-order chi connectivity index (χ1) is 9.57. The monoisotopic (exact) mass is 270 g/mol. The molecular weight excluding hydrogens is 252 g/mol. The Morgan fingerprint density at radius 1 is 0.850 bits per heavy atom. The number of rotatable bonds is 6. The van der Waals surface area contributed by atoms with Crippen molar-refractivity contribution in [2.75, 3.05) is 0 Å². The van der Waals surface area contributed by atoms with E-state index in [1.54, 1.807) is 0 Å². The molecular formula is C17H18O3. The Morgan fingerprint density at radius 3 is 1.60 bits per heavy atom. The van der Waals surface area contributed by atoms with Crippen LogP contribution in [0.1, 0.15) is 17.5 Å². The number of aliphatic hydroxyl groups is 1. The summed E-state index contributed by atoms with van der Waals surface area (Å²) in [5, 5.41) is 19.8. The van der Waals surface area contributed by atoms with E-state index in [9.17, 15) is 9.90 Å². The summed E-state index contributed by atoms with van der Waals surface area (Å²) in [6.45, 7) is 0. The first kappa shape index (κ1) is 14.3. The first-order valence-electron chi connectivity index (χ1n) is 6.59. The van der Waals surface area contributed by atoms with Gasteiger partial charge in [-0.25, -0.2) is 0 Å². The summed E-state index contributed by atoms with van der Waals surface area (Å²) in [4.78, 5) is 11.0. The van der Waals surface area contributed by atoms with Crippen LogP contribution in [-0.4, -0.2) is 21.8 Å². The minimum atomic E-state index is -1.27. The molecule has 0 aromatic heterocycles. The second kappa shape index (κ2) is 6.35. The van der Waals surface area contributed by atoms with Crippen molar-refractivity contribution >= 4 is 5.97 Å². The fraction of sp³-hybridized carbons (Fsp3) is 0.235. The number of aliphatic carboxylic acids is 1. The molecule has 2 rings (SSSR count). The van der Waals surface area contributed by atoms with Gasteiger partial charge in [0.15, 0.2) is 0 Å². The lowest BCUT2D eigenvalue weighted by Gasteiger charge is -2.27. The molecule has 0 unspecified atom stereocenters. The van der Waals surface area contributed by atoms with Crippen LogP contribution < -0.4 is 0 Å². The van der Waals surface area contributed by atoms with E-state index < -0.39 is 11.6 Å². The van der Waals surface area contributed by atoms with Crippen LogP contribution in [-0.2, 0) is 17.6 Å². The third kappa shape index (κ3) is 4.21. The lowest BCUT2D eigenvalue weighted by atomic mass is 9.85. The summed E-state index contributed by atoms with van der Waals surface area (Å²) in [7, 11) is 0. The van der Waals surface area contributed by atoms with Gasteiger partial charge in [0.1, 0.15) is 0 Å². The highest BCUT2D eigenvalue weighted by atomic mass is 16.4. The Morgan fingerprint density at radius 2 is 1.25 bits per heavy atom. The zero-order chi connectivity index (χ0) is 14.4. The lowest BCUT2D eigenvalue weighted by molar-refractivity contribution is -0.142. The number of carboxylic acids is 1. The van der Waals surface area contributed by atoms with E-state index in [1.165, 1.54) is 0 Å². The predicted molar refractivity (Wildman–Crippen MR) is 77.5 cm³/mol. The van der Waals surface area contributed by atoms with Gasteiger partial charge in [-0.05, 0) is 11.1 Å². The van der Waals surface area contributed by atoms with Gasteiger partial charge in [-0.2, -0.15) is 0 Å². The smallest absolute Gasteiger partial charge is 0.306 e. The van der Waals surface area contributed by atoms with E-state index in [0.29, 0.717) is 12.8 Å². The molecule has 0 spiro atoms. The van der Waals surface area contributed by atoms with E-state index in [4.69, 9.17) is 5.11 Å². The van der Waals surface area contributed by atoms with Crippen molar-refractivity contribution in [2.24, 2.45) is 0 Å². The van der Waals surface area contributed by atoms with Gasteiger partial charge in [-0.1, -0.05) is 60.7 Å². The van der Waals surface area contributed by atoms with Crippen LogP contribution in [0.3, 0.4) is 0 Å². The summed E-state index contributed by atoms with van der Waals surface area (Å²) < 4.78 is 0. The lowest BCUT2D eigenvalue weighted by Crippen LogP contribution is -2.36. The van der Waals surface area contributed by atoms with Gasteiger partial charge in [0, 0.05) is 12.8 Å². The Kier molecular flexibility index (Phi) is 4.53. The summed E-state index contributed by atoms with van der Waals surface area (Å²) in [6.07, 6.45) is 0.390. The van der Waals surface area contributed by atoms with Crippen molar-refractivity contribution in [3.8, 4) is 0 Å². The van der Waals surface area contributed by atoms with Gasteiger partial charge in [0.25, 0.3) is 0 Å². The minimum Gasteiger partial charge on any atom is -0.481 e. The number of hydrogen-bond donors (Lipinski definition) is 2. The van der Waals surface area contributed by atoms with E-state index in [0.717, 1.165) is 11.1 Å². The van der Waals surface area contributed by atoms with Gasteiger partial charge >= 0.3 is 5.97 Å². The summed E-state index contributed by atoms with van der Waals surface area (Å²) in [6, 6.07) is 19.0. The fourth-order valence-electron chi connectivity index (χ4n) is 2.42. The van der Waals surface area contributed by atoms with E-state index in [1.807, 2.05) is 60.7 Å². The highest BCUT2D eigenvalue weighted by Gasteiger charge is 2.30. The molecule has 104 valence electrons. The molecule has 2 N–H and O–H groups in total. The molecule has 0 atom stereocenters. The SMILES string of the molecule is O=C(O)CC(O)(Cc1ccccc1)Cc1ccccc1. The van der Waals surface area contributed by atoms with Crippen LogP contribution in [0.15, 0.2) is 60.7 Å². The molecule has 0 saturated heterocycles. The molecule has 3 nitrogen and oxygen atoms in total. The van der Waals surface area contributed by atoms with Gasteiger partial charge in [0.05, 0.1) is 12.0 Å². The maximum atomic E-state index is 11.0. The van der Waals surface area contributed by atoms with Crippen molar-refractivity contribution in [1.82, 2.24) is 0 Å². The molecule has 0 aliphatic heterocycles. The zero-order valence-electron chi connectivity index (χ0n) is 11.2. The largest absolute Gasteiger partial charge is 0.481 e. The van der Waals surface area contributed by atoms with Gasteiger partial charge in [-0.15, -0.1) is 0 Å². The number of hydrogen-bond acceptors (Lipinski definition) is 2. The van der Waals surface area contributed by atoms with Crippen LogP contribution in [0.25, 0.3) is 0 Å². The molecule has 2 aromatic carbocycles. The fourth-order valence-corrected chi connectivity index (χ4v) is 2.42. The normalized spacial score (nSPS) is 11.2. The summed E-state index contributed by atoms with van der Waals surface area (Å²) in [5.41, 5.74) is 0.605. The third-order valence-electron chi connectivity index (χ3n) is 3.23. The van der Waals surface area contributed by atoms with Gasteiger partial charge in [0.2, 0.25) is 0 Å². The Hall–Kier alpha value is -2.13. The highest BCUT2D eigenvalue weighted by molar-refractivity contribution is 5.68. The zero-order valence-corrected chi connectivity index (χ0v) is 11.2. The minimum absolute atomic E-state index is 0.267. The van der Waals surface area contributed by atoms with Crippen LogP contribution >= 0.6 is 0 Å². The van der Waals surface area contributed by atoms with Gasteiger partial charge < -0.3 is 10.2 Å². The number of carboxylic acid groups (broad SMARTS) is 1. The second-order valence-corrected chi connectivity index (χ2v) is 5.12. The average molecular weight is 270 g/mol. The molecule has 0 amide bonds. The second-order valence-electron chi connectivity index (χ2n) is 5.12. The van der Waals surface area contributed by atoms with Crippen LogP contribution in [0.4, 0.5) is 0 Å². The molecule has 0 aliphatic carbocycles. The molecule has 0 fully saturated rings. The molecule has 3 heteroatoms. The topological polar surface area (TPSA) is 57.5 Å². The van der Waals surface area contributed by atoms with Crippen molar-refractivity contribution in [3.05, 3.63) is 71.8 Å². The standard InChI is InChI=1S/C17H18O3/c18-16(19)13-17(20,11-14-7-3-1-4-8-14)12-15-9-5-2-6-10-15/h1-10,20H,11-13H2,(H,18,19). The van der Waals surface area contributed by atoms with Crippen molar-refractivity contribution < 1.29 is 15.0 Å². The van der Waals surface area contributed by atoms with Crippen molar-refractivity contribution in [3.63, 3.8) is 0 Å². The molecule has 0 bridgehead atoms. The number of benzene rings is 2. The molecule has 0 radical (unpaired) electrons. The molecule has 2 aromatic rings. The maximum Gasteiger partial charge on any atom is 0.306 e. The molecule has 0 heterocycles. The summed E-state index contributed by atoms with van der Waals surface area (Å²) in [5.74, 6) is -0.987. The van der Waals surface area contributed by atoms with E-state index >= 15 is 0 Å². The summed E-state index contributed by atoms with van der Waals surface area (Å²) >= 11 is 0. The predicted octanol–water partition coefficient (Wildman–Crippen LogP) is 2.68. The molecule has 20 heavy (non-hydrogen) atoms. The van der Waals surface area contributed by atoms with Crippen LogP contribution in [0.5, 0.6) is 0 Å². The van der Waals surface area contributed by atoms with Crippen molar-refractivity contribution in [1.29, 1.82) is 0 Å². The Balaban J connectivity index is 2.19.